The number of benzene rings is 1. The minimum atomic E-state index is -0.486. The molecule has 0 saturated heterocycles. The Kier molecular flexibility index (Phi) is 5.28. The van der Waals surface area contributed by atoms with E-state index in [4.69, 9.17) is 14.9 Å². The highest BCUT2D eigenvalue weighted by Gasteiger charge is 2.09. The van der Waals surface area contributed by atoms with Crippen molar-refractivity contribution < 1.29 is 13.9 Å². The molecule has 4 N–H and O–H groups in total. The predicted molar refractivity (Wildman–Crippen MR) is 95.3 cm³/mol. The number of amides is 1. The van der Waals surface area contributed by atoms with Crippen LogP contribution in [-0.4, -0.2) is 27.5 Å². The average Bonchev–Trinajstić information content (AvgIpc) is 3.14. The third-order valence-corrected chi connectivity index (χ3v) is 3.31. The quantitative estimate of drug-likeness (QED) is 0.562. The van der Waals surface area contributed by atoms with Gasteiger partial charge in [0, 0.05) is 11.3 Å². The Morgan fingerprint density at radius 3 is 2.58 bits per heavy atom. The summed E-state index contributed by atoms with van der Waals surface area (Å²) in [6.07, 6.45) is 1.60. The molecule has 0 aliphatic rings. The van der Waals surface area contributed by atoms with Gasteiger partial charge in [-0.25, -0.2) is 0 Å². The molecule has 3 rings (SSSR count). The zero-order chi connectivity index (χ0) is 18.4. The maximum atomic E-state index is 11.1. The first-order chi connectivity index (χ1) is 12.6. The highest BCUT2D eigenvalue weighted by atomic mass is 16.5. The number of nitrogens with zero attached hydrogens (tertiary/aromatic N) is 3. The molecule has 0 aliphatic carbocycles. The summed E-state index contributed by atoms with van der Waals surface area (Å²) in [6, 6.07) is 10.5. The summed E-state index contributed by atoms with van der Waals surface area (Å²) in [5, 5.41) is 6.10. The monoisotopic (exact) mass is 354 g/mol. The van der Waals surface area contributed by atoms with Gasteiger partial charge >= 0.3 is 6.01 Å². The topological polar surface area (TPSA) is 128 Å². The maximum absolute atomic E-state index is 11.1. The van der Waals surface area contributed by atoms with Crippen molar-refractivity contribution in [2.24, 2.45) is 5.73 Å². The highest BCUT2D eigenvalue weighted by molar-refractivity contribution is 5.93. The van der Waals surface area contributed by atoms with Crippen LogP contribution in [0.4, 0.5) is 17.6 Å². The van der Waals surface area contributed by atoms with E-state index in [0.29, 0.717) is 36.3 Å². The molecule has 0 unspecified atom stereocenters. The lowest BCUT2D eigenvalue weighted by Gasteiger charge is -2.10. The van der Waals surface area contributed by atoms with Gasteiger partial charge in [0.25, 0.3) is 0 Å². The van der Waals surface area contributed by atoms with E-state index in [0.717, 1.165) is 5.76 Å². The zero-order valence-corrected chi connectivity index (χ0v) is 14.1. The van der Waals surface area contributed by atoms with Crippen molar-refractivity contribution in [3.63, 3.8) is 0 Å². The van der Waals surface area contributed by atoms with Gasteiger partial charge in [-0.05, 0) is 43.3 Å². The maximum Gasteiger partial charge on any atom is 0.323 e. The number of hydrogen-bond donors (Lipinski definition) is 3. The molecule has 1 aromatic carbocycles. The number of anilines is 3. The van der Waals surface area contributed by atoms with Gasteiger partial charge < -0.3 is 25.5 Å². The molecule has 9 nitrogen and oxygen atoms in total. The number of nitrogens with two attached hydrogens (primary N) is 1. The minimum absolute atomic E-state index is 0.195. The van der Waals surface area contributed by atoms with Crippen LogP contribution in [0.2, 0.25) is 0 Å². The number of carbonyl (C=O) groups excluding carboxylic acids is 1. The van der Waals surface area contributed by atoms with Gasteiger partial charge in [-0.3, -0.25) is 4.79 Å². The molecule has 0 fully saturated rings. The third-order valence-electron chi connectivity index (χ3n) is 3.31. The van der Waals surface area contributed by atoms with E-state index in [9.17, 15) is 4.79 Å². The van der Waals surface area contributed by atoms with Crippen molar-refractivity contribution in [2.45, 2.75) is 13.5 Å². The second-order valence-electron chi connectivity index (χ2n) is 5.20. The Labute approximate surface area is 149 Å². The van der Waals surface area contributed by atoms with E-state index in [1.807, 2.05) is 13.0 Å². The predicted octanol–water partition coefficient (Wildman–Crippen LogP) is 2.32. The van der Waals surface area contributed by atoms with Gasteiger partial charge in [0.2, 0.25) is 17.8 Å². The molecule has 3 aromatic rings. The second-order valence-corrected chi connectivity index (χ2v) is 5.20. The summed E-state index contributed by atoms with van der Waals surface area (Å²) in [5.74, 6) is 0.910. The Hall–Kier alpha value is -3.62. The van der Waals surface area contributed by atoms with Crippen LogP contribution in [0.5, 0.6) is 6.01 Å². The lowest BCUT2D eigenvalue weighted by molar-refractivity contribution is 0.100. The Morgan fingerprint density at radius 1 is 1.15 bits per heavy atom. The number of rotatable bonds is 8. The van der Waals surface area contributed by atoms with Crippen LogP contribution in [0.15, 0.2) is 47.1 Å². The number of ether oxygens (including phenoxy) is 1. The van der Waals surface area contributed by atoms with E-state index in [1.54, 1.807) is 36.6 Å². The van der Waals surface area contributed by atoms with E-state index >= 15 is 0 Å². The van der Waals surface area contributed by atoms with Crippen LogP contribution in [0.1, 0.15) is 23.0 Å². The standard InChI is InChI=1S/C17H18N6O3/c1-2-25-17-22-15(19-10-13-4-3-9-26-13)21-16(23-17)20-12-7-5-11(6-8-12)14(18)24/h3-9H,2,10H2,1H3,(H2,18,24)(H2,19,20,21,22,23). The number of primary amides is 1. The van der Waals surface area contributed by atoms with Gasteiger partial charge in [-0.1, -0.05) is 0 Å². The van der Waals surface area contributed by atoms with Crippen molar-refractivity contribution in [3.05, 3.63) is 54.0 Å². The molecule has 1 amide bonds. The molecular formula is C17H18N6O3. The molecule has 0 spiro atoms. The summed E-state index contributed by atoms with van der Waals surface area (Å²) in [7, 11) is 0. The van der Waals surface area contributed by atoms with Crippen LogP contribution in [0.3, 0.4) is 0 Å². The van der Waals surface area contributed by atoms with Gasteiger partial charge in [0.1, 0.15) is 5.76 Å². The molecule has 0 aliphatic heterocycles. The zero-order valence-electron chi connectivity index (χ0n) is 14.1. The number of hydrogen-bond acceptors (Lipinski definition) is 8. The van der Waals surface area contributed by atoms with Crippen LogP contribution in [0.25, 0.3) is 0 Å². The largest absolute Gasteiger partial charge is 0.467 e. The SMILES string of the molecule is CCOc1nc(NCc2ccco2)nc(Nc2ccc(C(N)=O)cc2)n1. The van der Waals surface area contributed by atoms with E-state index < -0.39 is 5.91 Å². The lowest BCUT2D eigenvalue weighted by atomic mass is 10.2. The van der Waals surface area contributed by atoms with Crippen LogP contribution < -0.4 is 21.1 Å². The molecule has 0 saturated carbocycles. The molecule has 134 valence electrons. The number of nitrogens with one attached hydrogen (secondary N) is 2. The van der Waals surface area contributed by atoms with Crippen LogP contribution in [0, 0.1) is 0 Å². The molecule has 0 radical (unpaired) electrons. The number of aromatic nitrogens is 3. The summed E-state index contributed by atoms with van der Waals surface area (Å²) in [4.78, 5) is 23.9. The van der Waals surface area contributed by atoms with Gasteiger partial charge in [-0.2, -0.15) is 15.0 Å². The number of carbonyl (C=O) groups is 1. The van der Waals surface area contributed by atoms with Crippen LogP contribution >= 0.6 is 0 Å². The fraction of sp³-hybridized carbons (Fsp3) is 0.176. The molecule has 2 heterocycles. The Bertz CT molecular complexity index is 865. The van der Waals surface area contributed by atoms with Crippen molar-refractivity contribution in [1.82, 2.24) is 15.0 Å². The van der Waals surface area contributed by atoms with Crippen molar-refractivity contribution in [1.29, 1.82) is 0 Å². The second kappa shape index (κ2) is 7.97. The fourth-order valence-electron chi connectivity index (χ4n) is 2.11. The Morgan fingerprint density at radius 2 is 1.92 bits per heavy atom. The van der Waals surface area contributed by atoms with E-state index in [-0.39, 0.29) is 6.01 Å². The summed E-state index contributed by atoms with van der Waals surface area (Å²) < 4.78 is 10.7. The average molecular weight is 354 g/mol. The first-order valence-corrected chi connectivity index (χ1v) is 7.96. The normalized spacial score (nSPS) is 10.3. The molecule has 0 bridgehead atoms. The van der Waals surface area contributed by atoms with E-state index in [1.165, 1.54) is 0 Å². The first kappa shape index (κ1) is 17.2. The summed E-state index contributed by atoms with van der Waals surface area (Å²) >= 11 is 0. The molecule has 0 atom stereocenters. The van der Waals surface area contributed by atoms with E-state index in [2.05, 4.69) is 25.6 Å². The lowest BCUT2D eigenvalue weighted by Crippen LogP contribution is -2.11. The molecule has 2 aromatic heterocycles. The van der Waals surface area contributed by atoms with Crippen molar-refractivity contribution in [2.75, 3.05) is 17.2 Å². The van der Waals surface area contributed by atoms with Crippen LogP contribution in [-0.2, 0) is 6.54 Å². The van der Waals surface area contributed by atoms with Gasteiger partial charge in [0.05, 0.1) is 19.4 Å². The smallest absolute Gasteiger partial charge is 0.323 e. The number of furan rings is 1. The molecule has 26 heavy (non-hydrogen) atoms. The highest BCUT2D eigenvalue weighted by Crippen LogP contribution is 2.18. The first-order valence-electron chi connectivity index (χ1n) is 7.96. The fourth-order valence-corrected chi connectivity index (χ4v) is 2.11. The minimum Gasteiger partial charge on any atom is -0.467 e. The van der Waals surface area contributed by atoms with Gasteiger partial charge in [0.15, 0.2) is 0 Å². The van der Waals surface area contributed by atoms with Crippen molar-refractivity contribution >= 4 is 23.5 Å². The summed E-state index contributed by atoms with van der Waals surface area (Å²) in [5.41, 5.74) is 6.35. The van der Waals surface area contributed by atoms with Gasteiger partial charge in [-0.15, -0.1) is 0 Å². The Balaban J connectivity index is 1.77. The third kappa shape index (κ3) is 4.47. The van der Waals surface area contributed by atoms with Crippen molar-refractivity contribution in [3.8, 4) is 6.01 Å². The summed E-state index contributed by atoms with van der Waals surface area (Å²) in [6.45, 7) is 2.69. The molecule has 9 heteroatoms. The molecular weight excluding hydrogens is 336 g/mol.